The topological polar surface area (TPSA) is 70.2 Å². The average Bonchev–Trinajstić information content (AvgIpc) is 2.77. The van der Waals surface area contributed by atoms with Gasteiger partial charge in [-0.1, -0.05) is 0 Å². The van der Waals surface area contributed by atoms with Gasteiger partial charge in [-0.15, -0.1) is 0 Å². The highest BCUT2D eigenvalue weighted by Crippen LogP contribution is 2.27. The summed E-state index contributed by atoms with van der Waals surface area (Å²) in [6.07, 6.45) is 2.67. The molecule has 7 heteroatoms. The van der Waals surface area contributed by atoms with Gasteiger partial charge in [-0.05, 0) is 22.4 Å². The average molecular weight is 314 g/mol. The fourth-order valence-electron chi connectivity index (χ4n) is 2.06. The highest BCUT2D eigenvalue weighted by molar-refractivity contribution is 9.10. The molecular weight excluding hydrogens is 298 g/mol. The van der Waals surface area contributed by atoms with Crippen molar-refractivity contribution in [1.29, 1.82) is 0 Å². The Hall–Kier alpha value is -1.37. The molecule has 1 aromatic rings. The van der Waals surface area contributed by atoms with Crippen LogP contribution < -0.4 is 15.5 Å². The van der Waals surface area contributed by atoms with Crippen molar-refractivity contribution >= 4 is 33.6 Å². The third-order valence-electron chi connectivity index (χ3n) is 2.84. The summed E-state index contributed by atoms with van der Waals surface area (Å²) in [7, 11) is 1.79. The number of aromatic nitrogens is 2. The Morgan fingerprint density at radius 2 is 2.39 bits per heavy atom. The Labute approximate surface area is 114 Å². The predicted octanol–water partition coefficient (Wildman–Crippen LogP) is 0.996. The summed E-state index contributed by atoms with van der Waals surface area (Å²) in [6, 6.07) is 0.197. The normalized spacial score (nSPS) is 18.8. The largest absolute Gasteiger partial charge is 0.357 e. The van der Waals surface area contributed by atoms with E-state index >= 15 is 0 Å². The van der Waals surface area contributed by atoms with Crippen LogP contribution in [-0.4, -0.2) is 42.1 Å². The molecule has 18 heavy (non-hydrogen) atoms. The lowest BCUT2D eigenvalue weighted by Gasteiger charge is -2.19. The van der Waals surface area contributed by atoms with E-state index in [-0.39, 0.29) is 11.9 Å². The lowest BCUT2D eigenvalue weighted by molar-refractivity contribution is -0.119. The van der Waals surface area contributed by atoms with Gasteiger partial charge in [0.15, 0.2) is 0 Å². The van der Waals surface area contributed by atoms with Gasteiger partial charge in [0.05, 0.1) is 4.47 Å². The van der Waals surface area contributed by atoms with Crippen LogP contribution in [0, 0.1) is 0 Å². The first-order valence-electron chi connectivity index (χ1n) is 5.82. The van der Waals surface area contributed by atoms with Crippen LogP contribution in [0.15, 0.2) is 10.7 Å². The Morgan fingerprint density at radius 1 is 1.61 bits per heavy atom. The molecule has 0 aliphatic carbocycles. The molecular formula is C11H16BrN5O. The molecule has 98 valence electrons. The molecule has 1 atom stereocenters. The fourth-order valence-corrected chi connectivity index (χ4v) is 2.50. The molecule has 0 radical (unpaired) electrons. The maximum absolute atomic E-state index is 11.0. The number of nitrogens with zero attached hydrogens (tertiary/aromatic N) is 3. The number of anilines is 2. The third kappa shape index (κ3) is 2.90. The van der Waals surface area contributed by atoms with Crippen LogP contribution in [0.3, 0.4) is 0 Å². The number of rotatable bonds is 3. The van der Waals surface area contributed by atoms with E-state index in [1.165, 1.54) is 0 Å². The zero-order chi connectivity index (χ0) is 13.1. The van der Waals surface area contributed by atoms with Crippen molar-refractivity contribution in [3.05, 3.63) is 10.7 Å². The van der Waals surface area contributed by atoms with Gasteiger partial charge in [0, 0.05) is 39.3 Å². The first kappa shape index (κ1) is 13.1. The first-order chi connectivity index (χ1) is 8.60. The Kier molecular flexibility index (Phi) is 4.00. The number of carbonyl (C=O) groups excluding carboxylic acids is 1. The molecule has 2 heterocycles. The minimum Gasteiger partial charge on any atom is -0.357 e. The van der Waals surface area contributed by atoms with Gasteiger partial charge in [-0.2, -0.15) is 4.98 Å². The van der Waals surface area contributed by atoms with Crippen molar-refractivity contribution in [3.8, 4) is 0 Å². The predicted molar refractivity (Wildman–Crippen MR) is 73.7 cm³/mol. The zero-order valence-electron chi connectivity index (χ0n) is 10.4. The van der Waals surface area contributed by atoms with E-state index in [9.17, 15) is 4.79 Å². The van der Waals surface area contributed by atoms with Crippen LogP contribution in [0.1, 0.15) is 13.3 Å². The summed E-state index contributed by atoms with van der Waals surface area (Å²) < 4.78 is 0.866. The molecule has 2 N–H and O–H groups in total. The van der Waals surface area contributed by atoms with Gasteiger partial charge in [0.1, 0.15) is 5.82 Å². The maximum Gasteiger partial charge on any atom is 0.224 e. The minimum absolute atomic E-state index is 0.0134. The molecule has 0 saturated carbocycles. The molecule has 6 nitrogen and oxygen atoms in total. The van der Waals surface area contributed by atoms with E-state index in [1.54, 1.807) is 20.2 Å². The van der Waals surface area contributed by atoms with Gasteiger partial charge in [0.25, 0.3) is 0 Å². The van der Waals surface area contributed by atoms with Crippen molar-refractivity contribution in [3.63, 3.8) is 0 Å². The molecule has 0 bridgehead atoms. The second-order valence-corrected chi connectivity index (χ2v) is 5.10. The highest BCUT2D eigenvalue weighted by Gasteiger charge is 2.25. The van der Waals surface area contributed by atoms with Crippen molar-refractivity contribution in [2.24, 2.45) is 0 Å². The summed E-state index contributed by atoms with van der Waals surface area (Å²) >= 11 is 3.46. The Bertz CT molecular complexity index is 453. The monoisotopic (exact) mass is 313 g/mol. The van der Waals surface area contributed by atoms with E-state index in [0.717, 1.165) is 29.8 Å². The van der Waals surface area contributed by atoms with Gasteiger partial charge in [-0.3, -0.25) is 4.79 Å². The van der Waals surface area contributed by atoms with E-state index < -0.39 is 0 Å². The summed E-state index contributed by atoms with van der Waals surface area (Å²) in [5.41, 5.74) is 0. The van der Waals surface area contributed by atoms with E-state index in [1.807, 2.05) is 0 Å². The number of halogens is 1. The number of hydrogen-bond donors (Lipinski definition) is 2. The summed E-state index contributed by atoms with van der Waals surface area (Å²) in [5.74, 6) is 1.47. The Balaban J connectivity index is 2.11. The maximum atomic E-state index is 11.0. The molecule has 1 unspecified atom stereocenters. The van der Waals surface area contributed by atoms with Gasteiger partial charge in [-0.25, -0.2) is 4.98 Å². The first-order valence-corrected chi connectivity index (χ1v) is 6.62. The zero-order valence-corrected chi connectivity index (χ0v) is 12.0. The minimum atomic E-state index is 0.0134. The highest BCUT2D eigenvalue weighted by atomic mass is 79.9. The molecule has 0 spiro atoms. The number of hydrogen-bond acceptors (Lipinski definition) is 5. The van der Waals surface area contributed by atoms with Crippen LogP contribution in [0.2, 0.25) is 0 Å². The molecule has 0 aromatic carbocycles. The Morgan fingerprint density at radius 3 is 3.06 bits per heavy atom. The molecule has 1 amide bonds. The number of nitrogens with one attached hydrogen (secondary N) is 2. The quantitative estimate of drug-likeness (QED) is 0.871. The van der Waals surface area contributed by atoms with Crippen molar-refractivity contribution in [2.75, 3.05) is 30.4 Å². The van der Waals surface area contributed by atoms with E-state index in [4.69, 9.17) is 0 Å². The molecule has 2 rings (SSSR count). The number of amides is 1. The van der Waals surface area contributed by atoms with Crippen LogP contribution in [0.25, 0.3) is 0 Å². The van der Waals surface area contributed by atoms with Crippen LogP contribution in [0.4, 0.5) is 11.8 Å². The molecule has 1 aromatic heterocycles. The van der Waals surface area contributed by atoms with Crippen LogP contribution >= 0.6 is 15.9 Å². The molecule has 1 saturated heterocycles. The van der Waals surface area contributed by atoms with Gasteiger partial charge < -0.3 is 15.5 Å². The van der Waals surface area contributed by atoms with Crippen LogP contribution in [-0.2, 0) is 4.79 Å². The third-order valence-corrected chi connectivity index (χ3v) is 3.40. The lowest BCUT2D eigenvalue weighted by atomic mass is 10.3. The molecule has 1 aliphatic rings. The van der Waals surface area contributed by atoms with Crippen molar-refractivity contribution in [1.82, 2.24) is 15.3 Å². The SMILES string of the molecule is CNc1ncc(Br)c(N2CCC(NC(C)=O)C2)n1. The summed E-state index contributed by atoms with van der Waals surface area (Å²) in [4.78, 5) is 21.7. The molecule has 1 fully saturated rings. The van der Waals surface area contributed by atoms with E-state index in [0.29, 0.717) is 5.95 Å². The van der Waals surface area contributed by atoms with Gasteiger partial charge in [0.2, 0.25) is 11.9 Å². The fraction of sp³-hybridized carbons (Fsp3) is 0.545. The number of carbonyl (C=O) groups is 1. The smallest absolute Gasteiger partial charge is 0.224 e. The van der Waals surface area contributed by atoms with Gasteiger partial charge >= 0.3 is 0 Å². The second kappa shape index (κ2) is 5.51. The molecule has 1 aliphatic heterocycles. The summed E-state index contributed by atoms with van der Waals surface area (Å²) in [6.45, 7) is 3.20. The summed E-state index contributed by atoms with van der Waals surface area (Å²) in [5, 5.41) is 5.86. The second-order valence-electron chi connectivity index (χ2n) is 4.25. The lowest BCUT2D eigenvalue weighted by Crippen LogP contribution is -2.35. The van der Waals surface area contributed by atoms with Crippen molar-refractivity contribution in [2.45, 2.75) is 19.4 Å². The van der Waals surface area contributed by atoms with E-state index in [2.05, 4.69) is 41.4 Å². The van der Waals surface area contributed by atoms with Crippen molar-refractivity contribution < 1.29 is 4.79 Å². The van der Waals surface area contributed by atoms with Crippen LogP contribution in [0.5, 0.6) is 0 Å². The standard InChI is InChI=1S/C11H16BrN5O/c1-7(18)15-8-3-4-17(6-8)10-9(12)5-14-11(13-2)16-10/h5,8H,3-4,6H2,1-2H3,(H,15,18)(H,13,14,16).